The quantitative estimate of drug-likeness (QED) is 0.0461. The maximum absolute atomic E-state index is 12.7. The molecule has 9 heteroatoms. The van der Waals surface area contributed by atoms with Gasteiger partial charge in [-0.3, -0.25) is 4.79 Å². The van der Waals surface area contributed by atoms with Crippen LogP contribution in [-0.2, 0) is 14.3 Å². The third-order valence-corrected chi connectivity index (χ3v) is 8.50. The highest BCUT2D eigenvalue weighted by molar-refractivity contribution is 5.76. The van der Waals surface area contributed by atoms with E-state index in [0.29, 0.717) is 12.8 Å². The summed E-state index contributed by atoms with van der Waals surface area (Å²) < 4.78 is 11.1. The van der Waals surface area contributed by atoms with Gasteiger partial charge in [-0.1, -0.05) is 115 Å². The van der Waals surface area contributed by atoms with Crippen molar-refractivity contribution in [1.29, 1.82) is 0 Å². The Kier molecular flexibility index (Phi) is 26.2. The van der Waals surface area contributed by atoms with Gasteiger partial charge in [0.2, 0.25) is 5.91 Å². The number of rotatable bonds is 28. The zero-order chi connectivity index (χ0) is 33.8. The lowest BCUT2D eigenvalue weighted by molar-refractivity contribution is -0.302. The number of hydrogen-bond donors (Lipinski definition) is 6. The molecule has 0 saturated carbocycles. The summed E-state index contributed by atoms with van der Waals surface area (Å²) in [6, 6.07) is -0.720. The van der Waals surface area contributed by atoms with E-state index < -0.39 is 49.5 Å². The molecule has 7 unspecified atom stereocenters. The van der Waals surface area contributed by atoms with Gasteiger partial charge in [-0.25, -0.2) is 0 Å². The van der Waals surface area contributed by atoms with Crippen molar-refractivity contribution in [2.24, 2.45) is 0 Å². The molecule has 1 fully saturated rings. The molecule has 0 aromatic carbocycles. The van der Waals surface area contributed by atoms with Crippen LogP contribution in [0.4, 0.5) is 0 Å². The standard InChI is InChI=1S/C37H67NO8/c1-3-5-7-9-10-11-12-13-14-15-16-17-18-19-20-21-22-23-25-27-33(41)38-30(31(40)26-24-8-6-4-2)29-45-37-36(44)35(43)34(42)32(28-39)46-37/h10-11,13-14,16-17,30-32,34-37,39-40,42-44H,3-9,12,15,18-29H2,1-2H3,(H,38,41)/b11-10-,14-13-,17-16-. The predicted molar refractivity (Wildman–Crippen MR) is 184 cm³/mol. The number of aliphatic hydroxyl groups excluding tert-OH is 5. The number of ether oxygens (including phenoxy) is 2. The molecule has 268 valence electrons. The molecule has 1 aliphatic heterocycles. The van der Waals surface area contributed by atoms with Crippen LogP contribution in [-0.4, -0.2) is 87.5 Å². The Morgan fingerprint density at radius 3 is 1.91 bits per heavy atom. The number of hydrogen-bond acceptors (Lipinski definition) is 8. The molecule has 1 rings (SSSR count). The second-order valence-corrected chi connectivity index (χ2v) is 12.7. The van der Waals surface area contributed by atoms with Gasteiger partial charge in [0.1, 0.15) is 24.4 Å². The van der Waals surface area contributed by atoms with Crippen molar-refractivity contribution >= 4 is 5.91 Å². The third-order valence-electron chi connectivity index (χ3n) is 8.50. The fourth-order valence-corrected chi connectivity index (χ4v) is 5.46. The van der Waals surface area contributed by atoms with Crippen LogP contribution in [0.2, 0.25) is 0 Å². The van der Waals surface area contributed by atoms with Crippen LogP contribution in [0.1, 0.15) is 136 Å². The molecule has 0 aliphatic carbocycles. The average Bonchev–Trinajstić information content (AvgIpc) is 3.05. The zero-order valence-electron chi connectivity index (χ0n) is 28.8. The van der Waals surface area contributed by atoms with E-state index in [-0.39, 0.29) is 12.5 Å². The molecule has 46 heavy (non-hydrogen) atoms. The number of amides is 1. The topological polar surface area (TPSA) is 149 Å². The Balaban J connectivity index is 2.28. The Morgan fingerprint density at radius 2 is 1.28 bits per heavy atom. The van der Waals surface area contributed by atoms with Crippen LogP contribution in [0.3, 0.4) is 0 Å². The first-order chi connectivity index (χ1) is 22.3. The van der Waals surface area contributed by atoms with Crippen LogP contribution < -0.4 is 5.32 Å². The lowest BCUT2D eigenvalue weighted by atomic mass is 9.99. The number of unbranched alkanes of at least 4 members (excludes halogenated alkanes) is 12. The summed E-state index contributed by atoms with van der Waals surface area (Å²) >= 11 is 0. The van der Waals surface area contributed by atoms with Gasteiger partial charge < -0.3 is 40.3 Å². The first-order valence-corrected chi connectivity index (χ1v) is 18.2. The summed E-state index contributed by atoms with van der Waals surface area (Å²) in [6.07, 6.45) is 24.9. The Hall–Kier alpha value is -1.59. The normalized spacial score (nSPS) is 23.5. The highest BCUT2D eigenvalue weighted by atomic mass is 16.7. The molecule has 0 radical (unpaired) electrons. The monoisotopic (exact) mass is 653 g/mol. The van der Waals surface area contributed by atoms with Crippen molar-refractivity contribution in [3.63, 3.8) is 0 Å². The molecular weight excluding hydrogens is 586 g/mol. The first kappa shape index (κ1) is 42.4. The second-order valence-electron chi connectivity index (χ2n) is 12.7. The molecular formula is C37H67NO8. The number of nitrogens with one attached hydrogen (secondary N) is 1. The number of aliphatic hydroxyl groups is 5. The Morgan fingerprint density at radius 1 is 0.739 bits per heavy atom. The molecule has 0 spiro atoms. The molecule has 1 saturated heterocycles. The molecule has 0 aromatic heterocycles. The zero-order valence-corrected chi connectivity index (χ0v) is 28.8. The maximum atomic E-state index is 12.7. The minimum atomic E-state index is -1.55. The summed E-state index contributed by atoms with van der Waals surface area (Å²) in [7, 11) is 0. The van der Waals surface area contributed by atoms with Crippen molar-refractivity contribution in [1.82, 2.24) is 5.32 Å². The van der Waals surface area contributed by atoms with Crippen LogP contribution in [0.15, 0.2) is 36.5 Å². The number of allylic oxidation sites excluding steroid dienone is 6. The smallest absolute Gasteiger partial charge is 0.220 e. The van der Waals surface area contributed by atoms with Crippen molar-refractivity contribution < 1.29 is 39.8 Å². The maximum Gasteiger partial charge on any atom is 0.220 e. The number of carbonyl (C=O) groups is 1. The van der Waals surface area contributed by atoms with Gasteiger partial charge >= 0.3 is 0 Å². The van der Waals surface area contributed by atoms with Crippen LogP contribution >= 0.6 is 0 Å². The molecule has 9 nitrogen and oxygen atoms in total. The molecule has 0 aromatic rings. The van der Waals surface area contributed by atoms with E-state index in [0.717, 1.165) is 70.6 Å². The van der Waals surface area contributed by atoms with E-state index in [1.165, 1.54) is 38.5 Å². The fourth-order valence-electron chi connectivity index (χ4n) is 5.46. The molecule has 1 amide bonds. The van der Waals surface area contributed by atoms with Gasteiger partial charge in [-0.05, 0) is 51.4 Å². The SMILES string of the molecule is CCCCC/C=C\C/C=C\C/C=C\CCCCCCCCC(=O)NC(COC1OC(CO)C(O)C(O)C1O)C(O)CCCCCC. The summed E-state index contributed by atoms with van der Waals surface area (Å²) in [5.41, 5.74) is 0. The van der Waals surface area contributed by atoms with Gasteiger partial charge in [0, 0.05) is 6.42 Å². The summed E-state index contributed by atoms with van der Waals surface area (Å²) in [6.45, 7) is 3.64. The van der Waals surface area contributed by atoms with Crippen molar-refractivity contribution in [2.75, 3.05) is 13.2 Å². The Bertz CT molecular complexity index is 817. The van der Waals surface area contributed by atoms with E-state index in [4.69, 9.17) is 9.47 Å². The molecule has 6 N–H and O–H groups in total. The van der Waals surface area contributed by atoms with Crippen molar-refractivity contribution in [3.05, 3.63) is 36.5 Å². The predicted octanol–water partition coefficient (Wildman–Crippen LogP) is 5.77. The van der Waals surface area contributed by atoms with E-state index in [9.17, 15) is 30.3 Å². The van der Waals surface area contributed by atoms with E-state index in [1.807, 2.05) is 0 Å². The van der Waals surface area contributed by atoms with Gasteiger partial charge in [0.15, 0.2) is 6.29 Å². The van der Waals surface area contributed by atoms with E-state index >= 15 is 0 Å². The first-order valence-electron chi connectivity index (χ1n) is 18.2. The fraction of sp³-hybridized carbons (Fsp3) is 0.811. The molecule has 1 heterocycles. The van der Waals surface area contributed by atoms with Crippen LogP contribution in [0.5, 0.6) is 0 Å². The largest absolute Gasteiger partial charge is 0.394 e. The van der Waals surface area contributed by atoms with Gasteiger partial charge in [0.05, 0.1) is 25.4 Å². The molecule has 0 bridgehead atoms. The average molecular weight is 654 g/mol. The van der Waals surface area contributed by atoms with Gasteiger partial charge in [-0.2, -0.15) is 0 Å². The van der Waals surface area contributed by atoms with Crippen LogP contribution in [0.25, 0.3) is 0 Å². The van der Waals surface area contributed by atoms with Gasteiger partial charge in [-0.15, -0.1) is 0 Å². The molecule has 1 aliphatic rings. The molecule has 7 atom stereocenters. The second kappa shape index (κ2) is 28.4. The van der Waals surface area contributed by atoms with Crippen molar-refractivity contribution in [3.8, 4) is 0 Å². The summed E-state index contributed by atoms with van der Waals surface area (Å²) in [4.78, 5) is 12.7. The van der Waals surface area contributed by atoms with Crippen LogP contribution in [0, 0.1) is 0 Å². The Labute approximate surface area is 279 Å². The summed E-state index contributed by atoms with van der Waals surface area (Å²) in [5.74, 6) is -0.169. The minimum Gasteiger partial charge on any atom is -0.394 e. The lowest BCUT2D eigenvalue weighted by Crippen LogP contribution is -2.60. The lowest BCUT2D eigenvalue weighted by Gasteiger charge is -2.40. The number of carbonyl (C=O) groups excluding carboxylic acids is 1. The van der Waals surface area contributed by atoms with E-state index in [1.54, 1.807) is 0 Å². The van der Waals surface area contributed by atoms with Crippen molar-refractivity contribution in [2.45, 2.75) is 179 Å². The highest BCUT2D eigenvalue weighted by Crippen LogP contribution is 2.22. The van der Waals surface area contributed by atoms with E-state index in [2.05, 4.69) is 55.6 Å². The van der Waals surface area contributed by atoms with Gasteiger partial charge in [0.25, 0.3) is 0 Å². The summed E-state index contributed by atoms with van der Waals surface area (Å²) in [5, 5.41) is 53.5. The third kappa shape index (κ3) is 19.9. The minimum absolute atomic E-state index is 0.148. The highest BCUT2D eigenvalue weighted by Gasteiger charge is 2.44.